The number of aliphatic hydroxyl groups is 6. The first-order valence-electron chi connectivity index (χ1n) is 17.7. The smallest absolute Gasteiger partial charge is 0.332 e. The average molecular weight is 729 g/mol. The van der Waals surface area contributed by atoms with Gasteiger partial charge in [0.25, 0.3) is 0 Å². The molecule has 0 radical (unpaired) electrons. The first-order chi connectivity index (χ1) is 24.5. The van der Waals surface area contributed by atoms with Crippen molar-refractivity contribution in [2.45, 2.75) is 138 Å². The van der Waals surface area contributed by atoms with Gasteiger partial charge in [-0.15, -0.1) is 0 Å². The van der Waals surface area contributed by atoms with Gasteiger partial charge in [0.1, 0.15) is 54.9 Å². The van der Waals surface area contributed by atoms with E-state index >= 15 is 0 Å². The van der Waals surface area contributed by atoms with Crippen LogP contribution in [0.25, 0.3) is 0 Å². The summed E-state index contributed by atoms with van der Waals surface area (Å²) in [7, 11) is 0. The molecule has 14 atom stereocenters. The molecule has 0 bridgehead atoms. The lowest BCUT2D eigenvalue weighted by molar-refractivity contribution is -0.355. The zero-order chi connectivity index (χ0) is 36.7. The monoisotopic (exact) mass is 728 g/mol. The highest BCUT2D eigenvalue weighted by molar-refractivity contribution is 5.89. The molecule has 1 aliphatic carbocycles. The molecule has 1 aromatic carbocycles. The summed E-state index contributed by atoms with van der Waals surface area (Å²) in [5, 5.41) is 79.3. The number of aliphatic hydroxyl groups excluding tert-OH is 6. The Balaban J connectivity index is 1.33. The fourth-order valence-corrected chi connectivity index (χ4v) is 7.13. The Bertz CT molecular complexity index is 1240. The quantitative estimate of drug-likeness (QED) is 0.123. The maximum Gasteiger partial charge on any atom is 0.332 e. The lowest BCUT2D eigenvalue weighted by Crippen LogP contribution is -2.64. The van der Waals surface area contributed by atoms with Crippen LogP contribution in [0.2, 0.25) is 0 Å². The summed E-state index contributed by atoms with van der Waals surface area (Å²) >= 11 is 0. The molecular formula is C34H52N2O15. The van der Waals surface area contributed by atoms with Crippen molar-refractivity contribution in [1.82, 2.24) is 5.32 Å². The van der Waals surface area contributed by atoms with Gasteiger partial charge in [-0.05, 0) is 37.8 Å². The number of hydrogen-bond donors (Lipinski definition) is 9. The number of carboxylic acid groups (broad SMARTS) is 1. The molecule has 0 aromatic heterocycles. The van der Waals surface area contributed by atoms with Crippen molar-refractivity contribution in [3.63, 3.8) is 0 Å². The number of carbonyl (C=O) groups excluding carboxylic acids is 1. The molecule has 1 saturated carbocycles. The van der Waals surface area contributed by atoms with Crippen LogP contribution in [0.15, 0.2) is 30.3 Å². The second-order valence-electron chi connectivity index (χ2n) is 13.7. The van der Waals surface area contributed by atoms with E-state index in [0.29, 0.717) is 5.69 Å². The van der Waals surface area contributed by atoms with Crippen LogP contribution in [0.4, 0.5) is 10.5 Å². The highest BCUT2D eigenvalue weighted by Crippen LogP contribution is 2.34. The van der Waals surface area contributed by atoms with E-state index in [-0.39, 0.29) is 31.9 Å². The fraction of sp³-hybridized carbons (Fsp3) is 0.765. The summed E-state index contributed by atoms with van der Waals surface area (Å²) in [5.41, 5.74) is 0.540. The highest BCUT2D eigenvalue weighted by atomic mass is 16.7. The molecule has 9 N–H and O–H groups in total. The number of amides is 2. The normalized spacial score (nSPS) is 38.5. The van der Waals surface area contributed by atoms with Gasteiger partial charge >= 0.3 is 12.0 Å². The van der Waals surface area contributed by atoms with Gasteiger partial charge in [0.2, 0.25) is 0 Å². The molecule has 0 spiro atoms. The Labute approximate surface area is 295 Å². The number of carboxylic acids is 1. The van der Waals surface area contributed by atoms with Crippen LogP contribution in [0.3, 0.4) is 0 Å². The van der Waals surface area contributed by atoms with E-state index in [1.807, 2.05) is 0 Å². The summed E-state index contributed by atoms with van der Waals surface area (Å²) in [5.74, 6) is -1.14. The lowest BCUT2D eigenvalue weighted by atomic mass is 9.85. The Kier molecular flexibility index (Phi) is 14.4. The van der Waals surface area contributed by atoms with Gasteiger partial charge in [0, 0.05) is 18.8 Å². The van der Waals surface area contributed by atoms with Gasteiger partial charge < -0.3 is 74.8 Å². The number of anilines is 1. The van der Waals surface area contributed by atoms with E-state index in [1.54, 1.807) is 30.3 Å². The summed E-state index contributed by atoms with van der Waals surface area (Å²) in [4.78, 5) is 25.0. The second-order valence-corrected chi connectivity index (χ2v) is 13.7. The van der Waals surface area contributed by atoms with Gasteiger partial charge in [-0.2, -0.15) is 0 Å². The van der Waals surface area contributed by atoms with Crippen molar-refractivity contribution >= 4 is 17.7 Å². The standard InChI is InChI=1S/C34H52N2O15/c1-17-24(38)26(40)27(41)32(47-17)51-29-20(12-13-46-22(29)15-35-34(45)36-19-10-6-3-7-11-19)49-33-28(42)30(25(39)23(16-37)50-33)48-21(31(43)44)14-18-8-4-2-5-9-18/h3,6-7,10-11,17-18,20-30,32-33,37-42H,2,4-5,8-9,12-16H2,1H3,(H,43,44)(H2,35,36,45)/t17-,20+,21+,22?,23+,24+,25-,26-,27+,28-,29-,30+,32-,33+/m1/s1. The minimum absolute atomic E-state index is 0.0836. The van der Waals surface area contributed by atoms with Gasteiger partial charge in [0.05, 0.1) is 18.8 Å². The van der Waals surface area contributed by atoms with Crippen LogP contribution < -0.4 is 10.6 Å². The van der Waals surface area contributed by atoms with Crippen LogP contribution in [-0.4, -0.2) is 153 Å². The van der Waals surface area contributed by atoms with Crippen molar-refractivity contribution in [3.05, 3.63) is 30.3 Å². The molecule has 2 amide bonds. The molecule has 3 aliphatic heterocycles. The van der Waals surface area contributed by atoms with Crippen LogP contribution in [-0.2, 0) is 33.2 Å². The molecule has 51 heavy (non-hydrogen) atoms. The predicted molar refractivity (Wildman–Crippen MR) is 175 cm³/mol. The summed E-state index contributed by atoms with van der Waals surface area (Å²) in [6.07, 6.45) is -14.2. The first-order valence-corrected chi connectivity index (χ1v) is 17.7. The molecule has 17 nitrogen and oxygen atoms in total. The van der Waals surface area contributed by atoms with Crippen molar-refractivity contribution in [3.8, 4) is 0 Å². The Hall–Kier alpha value is -2.52. The molecule has 4 fully saturated rings. The van der Waals surface area contributed by atoms with E-state index in [4.69, 9.17) is 28.4 Å². The van der Waals surface area contributed by atoms with E-state index in [9.17, 15) is 45.3 Å². The zero-order valence-corrected chi connectivity index (χ0v) is 28.5. The number of rotatable bonds is 13. The molecule has 1 aromatic rings. The molecule has 3 saturated heterocycles. The number of hydrogen-bond acceptors (Lipinski definition) is 14. The Morgan fingerprint density at radius 2 is 1.55 bits per heavy atom. The largest absolute Gasteiger partial charge is 0.479 e. The SMILES string of the molecule is C[C@H]1O[C@H](O[C@H]2C(CNC(=O)Nc3ccccc3)OCC[C@@H]2O[C@H]2O[C@@H](CO)[C@@H](O)[C@H](O[C@@H](CC3CCCCC3)C(=O)O)[C@H]2O)[C@@H](O)[C@H](O)[C@H]1O. The lowest BCUT2D eigenvalue weighted by Gasteiger charge is -2.47. The second kappa shape index (κ2) is 18.5. The maximum atomic E-state index is 12.7. The van der Waals surface area contributed by atoms with Crippen molar-refractivity contribution in [1.29, 1.82) is 0 Å². The highest BCUT2D eigenvalue weighted by Gasteiger charge is 2.51. The fourth-order valence-electron chi connectivity index (χ4n) is 7.13. The van der Waals surface area contributed by atoms with Crippen molar-refractivity contribution < 1.29 is 73.8 Å². The third-order valence-electron chi connectivity index (χ3n) is 10.1. The third-order valence-corrected chi connectivity index (χ3v) is 10.1. The van der Waals surface area contributed by atoms with E-state index < -0.39 is 104 Å². The van der Waals surface area contributed by atoms with Crippen LogP contribution in [0.1, 0.15) is 51.9 Å². The topological polar surface area (TPSA) is 255 Å². The molecule has 4 aliphatic rings. The molecular weight excluding hydrogens is 676 g/mol. The summed E-state index contributed by atoms with van der Waals surface area (Å²) in [6, 6.07) is 8.15. The number of nitrogens with one attached hydrogen (secondary N) is 2. The van der Waals surface area contributed by atoms with E-state index in [0.717, 1.165) is 32.1 Å². The zero-order valence-electron chi connectivity index (χ0n) is 28.5. The van der Waals surface area contributed by atoms with Gasteiger partial charge in [-0.3, -0.25) is 0 Å². The number of para-hydroxylation sites is 1. The number of benzene rings is 1. The van der Waals surface area contributed by atoms with Crippen molar-refractivity contribution in [2.24, 2.45) is 5.92 Å². The van der Waals surface area contributed by atoms with Crippen LogP contribution in [0.5, 0.6) is 0 Å². The number of aliphatic carboxylic acids is 1. The molecule has 1 unspecified atom stereocenters. The minimum Gasteiger partial charge on any atom is -0.479 e. The summed E-state index contributed by atoms with van der Waals surface area (Å²) in [6.45, 7) is 0.733. The van der Waals surface area contributed by atoms with Crippen LogP contribution in [0, 0.1) is 5.92 Å². The summed E-state index contributed by atoms with van der Waals surface area (Å²) < 4.78 is 35.7. The number of carbonyl (C=O) groups is 2. The van der Waals surface area contributed by atoms with Gasteiger partial charge in [-0.25, -0.2) is 9.59 Å². The maximum absolute atomic E-state index is 12.7. The van der Waals surface area contributed by atoms with Crippen LogP contribution >= 0.6 is 0 Å². The van der Waals surface area contributed by atoms with Gasteiger partial charge in [0.15, 0.2) is 18.7 Å². The van der Waals surface area contributed by atoms with Gasteiger partial charge in [-0.1, -0.05) is 50.3 Å². The average Bonchev–Trinajstić information content (AvgIpc) is 3.12. The Morgan fingerprint density at radius 3 is 2.24 bits per heavy atom. The molecule has 5 rings (SSSR count). The van der Waals surface area contributed by atoms with Crippen molar-refractivity contribution in [2.75, 3.05) is 25.1 Å². The van der Waals surface area contributed by atoms with E-state index in [2.05, 4.69) is 10.6 Å². The molecule has 3 heterocycles. The third kappa shape index (κ3) is 10.1. The first kappa shape index (κ1) is 39.7. The predicted octanol–water partition coefficient (Wildman–Crippen LogP) is -0.557. The number of urea groups is 1. The minimum atomic E-state index is -1.72. The Morgan fingerprint density at radius 1 is 0.843 bits per heavy atom. The number of ether oxygens (including phenoxy) is 6. The molecule has 17 heteroatoms. The van der Waals surface area contributed by atoms with E-state index in [1.165, 1.54) is 6.92 Å². The molecule has 288 valence electrons.